The predicted molar refractivity (Wildman–Crippen MR) is 50.0 cm³/mol. The van der Waals surface area contributed by atoms with Crippen LogP contribution in [-0.2, 0) is 19.5 Å². The summed E-state index contributed by atoms with van der Waals surface area (Å²) in [5, 5.41) is 18.3. The van der Waals surface area contributed by atoms with Crippen molar-refractivity contribution < 1.29 is 29.7 Å². The summed E-state index contributed by atoms with van der Waals surface area (Å²) in [5.74, 6) is -0.866. The molecule has 1 aromatic carbocycles. The first kappa shape index (κ1) is 12.8. The Balaban J connectivity index is 0.000000246. The van der Waals surface area contributed by atoms with Crippen LogP contribution in [0.4, 0.5) is 0 Å². The number of hydrogen-bond acceptors (Lipinski definition) is 2. The number of aliphatic hydroxyl groups is 1. The normalized spacial score (nSPS) is 11.6. The molecule has 3 heteroatoms. The topological polar surface area (TPSA) is 43.3 Å². The molecule has 0 fully saturated rings. The fraction of sp³-hybridized carbons (Fsp3) is 0. The fourth-order valence-electron chi connectivity index (χ4n) is 0.837. The summed E-state index contributed by atoms with van der Waals surface area (Å²) in [6, 6.07) is 10.0. The van der Waals surface area contributed by atoms with Gasteiger partial charge in [-0.05, 0) is 5.57 Å². The molecule has 0 saturated heterocycles. The van der Waals surface area contributed by atoms with Crippen LogP contribution in [0.5, 0.6) is 0 Å². The maximum atomic E-state index is 10.1. The molecule has 0 saturated carbocycles. The van der Waals surface area contributed by atoms with Gasteiger partial charge in [-0.15, -0.1) is 0 Å². The van der Waals surface area contributed by atoms with Crippen LogP contribution >= 0.6 is 0 Å². The third kappa shape index (κ3) is 4.73. The summed E-state index contributed by atoms with van der Waals surface area (Å²) in [4.78, 5) is 0. The third-order valence-corrected chi connectivity index (χ3v) is 1.47. The molecule has 0 unspecified atom stereocenters. The van der Waals surface area contributed by atoms with Gasteiger partial charge in [-0.1, -0.05) is 24.3 Å². The molecule has 0 spiro atoms. The summed E-state index contributed by atoms with van der Waals surface area (Å²) in [7, 11) is 0. The molecule has 1 aliphatic carbocycles. The van der Waals surface area contributed by atoms with Gasteiger partial charge in [0.15, 0.2) is 0 Å². The molecule has 0 heterocycles. The standard InChI is InChI=1S/C6H6O2.C5H5.Ru/c7-6(8)5-3-1-2-4-5;1-2-4-5-3-1;/h1-4,7-8H;1-5H;/q;-1;+2/p-1. The van der Waals surface area contributed by atoms with Gasteiger partial charge < -0.3 is 10.2 Å². The summed E-state index contributed by atoms with van der Waals surface area (Å²) in [6.07, 6.45) is 6.51. The Morgan fingerprint density at radius 1 is 1.14 bits per heavy atom. The van der Waals surface area contributed by atoms with Gasteiger partial charge in [0.25, 0.3) is 0 Å². The summed E-state index contributed by atoms with van der Waals surface area (Å²) in [6.45, 7) is 0. The van der Waals surface area contributed by atoms with Crippen LogP contribution < -0.4 is 5.11 Å². The predicted octanol–water partition coefficient (Wildman–Crippen LogP) is 1.65. The van der Waals surface area contributed by atoms with Crippen LogP contribution in [0.25, 0.3) is 0 Å². The van der Waals surface area contributed by atoms with E-state index in [1.54, 1.807) is 24.3 Å². The molecule has 0 aliphatic heterocycles. The second kappa shape index (κ2) is 7.22. The van der Waals surface area contributed by atoms with Gasteiger partial charge in [0.1, 0.15) is 0 Å². The van der Waals surface area contributed by atoms with E-state index >= 15 is 0 Å². The molecule has 2 nitrogen and oxygen atoms in total. The van der Waals surface area contributed by atoms with Gasteiger partial charge in [-0.25, -0.2) is 12.1 Å². The average molecular weight is 275 g/mol. The Morgan fingerprint density at radius 3 is 1.86 bits per heavy atom. The Kier molecular flexibility index (Phi) is 6.60. The molecule has 2 rings (SSSR count). The zero-order valence-corrected chi connectivity index (χ0v) is 9.14. The summed E-state index contributed by atoms with van der Waals surface area (Å²) in [5.41, 5.74) is 0.352. The van der Waals surface area contributed by atoms with Gasteiger partial charge in [0.2, 0.25) is 0 Å². The van der Waals surface area contributed by atoms with Crippen molar-refractivity contribution in [2.24, 2.45) is 0 Å². The molecular formula is C11H10O2Ru. The van der Waals surface area contributed by atoms with E-state index in [2.05, 4.69) is 0 Å². The molecule has 1 aliphatic rings. The first-order valence-electron chi connectivity index (χ1n) is 3.92. The SMILES string of the molecule is [O-]C(O)=C1C=CC=C1.[Ru+2].c1cc[cH-]c1. The fourth-order valence-corrected chi connectivity index (χ4v) is 0.837. The van der Waals surface area contributed by atoms with Gasteiger partial charge in [-0.3, -0.25) is 0 Å². The van der Waals surface area contributed by atoms with Crippen molar-refractivity contribution in [2.45, 2.75) is 0 Å². The molecule has 0 atom stereocenters. The first-order chi connectivity index (χ1) is 6.30. The molecule has 0 radical (unpaired) electrons. The van der Waals surface area contributed by atoms with Crippen molar-refractivity contribution in [1.29, 1.82) is 0 Å². The van der Waals surface area contributed by atoms with Crippen molar-refractivity contribution in [3.63, 3.8) is 0 Å². The maximum absolute atomic E-state index is 10.1. The van der Waals surface area contributed by atoms with Crippen LogP contribution in [0.3, 0.4) is 0 Å². The molecule has 0 aromatic heterocycles. The Morgan fingerprint density at radius 2 is 1.64 bits per heavy atom. The first-order valence-corrected chi connectivity index (χ1v) is 3.92. The van der Waals surface area contributed by atoms with Crippen LogP contribution in [0, 0.1) is 0 Å². The van der Waals surface area contributed by atoms with Gasteiger partial charge >= 0.3 is 19.5 Å². The van der Waals surface area contributed by atoms with E-state index in [1.165, 1.54) is 0 Å². The smallest absolute Gasteiger partial charge is 0.629 e. The molecule has 1 aromatic rings. The second-order valence-corrected chi connectivity index (χ2v) is 2.44. The number of hydrogen-bond donors (Lipinski definition) is 1. The Bertz CT molecular complexity index is 286. The molecule has 74 valence electrons. The monoisotopic (exact) mass is 276 g/mol. The Hall–Kier alpha value is -1.21. The van der Waals surface area contributed by atoms with E-state index in [-0.39, 0.29) is 19.5 Å². The minimum atomic E-state index is -0.866. The maximum Gasteiger partial charge on any atom is 2.00 e. The number of allylic oxidation sites excluding steroid dienone is 5. The van der Waals surface area contributed by atoms with Crippen LogP contribution in [0.2, 0.25) is 0 Å². The number of aliphatic hydroxyl groups excluding tert-OH is 1. The van der Waals surface area contributed by atoms with Crippen molar-refractivity contribution in [3.05, 3.63) is 66.2 Å². The van der Waals surface area contributed by atoms with Crippen molar-refractivity contribution in [2.75, 3.05) is 0 Å². The van der Waals surface area contributed by atoms with Gasteiger partial charge in [-0.2, -0.15) is 18.2 Å². The largest absolute Gasteiger partial charge is 2.00 e. The number of rotatable bonds is 0. The van der Waals surface area contributed by atoms with E-state index < -0.39 is 5.95 Å². The van der Waals surface area contributed by atoms with E-state index in [0.717, 1.165) is 0 Å². The van der Waals surface area contributed by atoms with Crippen LogP contribution in [0.15, 0.2) is 66.2 Å². The molecule has 1 N–H and O–H groups in total. The Labute approximate surface area is 96.0 Å². The average Bonchev–Trinajstić information content (AvgIpc) is 2.82. The molecule has 0 bridgehead atoms. The van der Waals surface area contributed by atoms with E-state index in [9.17, 15) is 5.11 Å². The van der Waals surface area contributed by atoms with Crippen molar-refractivity contribution >= 4 is 0 Å². The quantitative estimate of drug-likeness (QED) is 0.444. The second-order valence-electron chi connectivity index (χ2n) is 2.44. The molecular weight excluding hydrogens is 265 g/mol. The van der Waals surface area contributed by atoms with Crippen LogP contribution in [-0.4, -0.2) is 5.11 Å². The van der Waals surface area contributed by atoms with E-state index in [4.69, 9.17) is 5.11 Å². The van der Waals surface area contributed by atoms with Gasteiger partial charge in [0, 0.05) is 0 Å². The third-order valence-electron chi connectivity index (χ3n) is 1.47. The summed E-state index contributed by atoms with van der Waals surface area (Å²) >= 11 is 0. The minimum Gasteiger partial charge on any atom is -0.629 e. The van der Waals surface area contributed by atoms with Crippen molar-refractivity contribution in [1.82, 2.24) is 0 Å². The van der Waals surface area contributed by atoms with E-state index in [1.807, 2.05) is 30.3 Å². The minimum absolute atomic E-state index is 0. The summed E-state index contributed by atoms with van der Waals surface area (Å²) < 4.78 is 0. The van der Waals surface area contributed by atoms with Gasteiger partial charge in [0.05, 0.1) is 5.95 Å². The molecule has 0 amide bonds. The zero-order chi connectivity index (χ0) is 9.52. The van der Waals surface area contributed by atoms with Crippen LogP contribution in [0.1, 0.15) is 0 Å². The van der Waals surface area contributed by atoms with E-state index in [0.29, 0.717) is 5.57 Å². The molecule has 14 heavy (non-hydrogen) atoms. The zero-order valence-electron chi connectivity index (χ0n) is 7.41. The van der Waals surface area contributed by atoms with Crippen molar-refractivity contribution in [3.8, 4) is 0 Å².